The zero-order valence-corrected chi connectivity index (χ0v) is 11.4. The van der Waals surface area contributed by atoms with Crippen LogP contribution < -0.4 is 0 Å². The number of carbonyl (C=O) groups is 1. The summed E-state index contributed by atoms with van der Waals surface area (Å²) in [7, 11) is 0. The highest BCUT2D eigenvalue weighted by Gasteiger charge is 2.16. The van der Waals surface area contributed by atoms with Gasteiger partial charge in [0.15, 0.2) is 0 Å². The van der Waals surface area contributed by atoms with E-state index >= 15 is 0 Å². The fraction of sp³-hybridized carbons (Fsp3) is 0.250. The Kier molecular flexibility index (Phi) is 4.91. The number of benzene rings is 1. The maximum atomic E-state index is 12.1. The van der Waals surface area contributed by atoms with Gasteiger partial charge in [0.2, 0.25) is 0 Å². The third-order valence-electron chi connectivity index (χ3n) is 2.13. The Bertz CT molecular complexity index is 439. The SMILES string of the molecule is C#CCN(CC)C(=O)c1cc(S)ccc1Br. The minimum atomic E-state index is -0.0803. The monoisotopic (exact) mass is 297 g/mol. The van der Waals surface area contributed by atoms with Gasteiger partial charge in [0.05, 0.1) is 12.1 Å². The van der Waals surface area contributed by atoms with Crippen molar-refractivity contribution in [3.63, 3.8) is 0 Å². The molecule has 0 unspecified atom stereocenters. The average Bonchev–Trinajstić information content (AvgIpc) is 2.28. The van der Waals surface area contributed by atoms with Crippen molar-refractivity contribution in [3.8, 4) is 12.3 Å². The van der Waals surface area contributed by atoms with Crippen LogP contribution in [0.4, 0.5) is 0 Å². The van der Waals surface area contributed by atoms with Gasteiger partial charge in [-0.1, -0.05) is 5.92 Å². The van der Waals surface area contributed by atoms with Crippen LogP contribution in [-0.4, -0.2) is 23.9 Å². The molecule has 0 saturated carbocycles. The fourth-order valence-electron chi connectivity index (χ4n) is 1.28. The number of amides is 1. The summed E-state index contributed by atoms with van der Waals surface area (Å²) in [5.74, 6) is 2.39. The van der Waals surface area contributed by atoms with Gasteiger partial charge in [-0.05, 0) is 41.1 Å². The minimum Gasteiger partial charge on any atom is -0.328 e. The van der Waals surface area contributed by atoms with E-state index in [0.717, 1.165) is 9.37 Å². The molecular weight excluding hydrogens is 286 g/mol. The van der Waals surface area contributed by atoms with Gasteiger partial charge >= 0.3 is 0 Å². The van der Waals surface area contributed by atoms with Crippen LogP contribution in [0.15, 0.2) is 27.6 Å². The molecule has 1 aromatic carbocycles. The number of hydrogen-bond donors (Lipinski definition) is 1. The molecule has 0 saturated heterocycles. The van der Waals surface area contributed by atoms with Crippen molar-refractivity contribution in [1.29, 1.82) is 0 Å². The van der Waals surface area contributed by atoms with E-state index in [0.29, 0.717) is 18.7 Å². The lowest BCUT2D eigenvalue weighted by molar-refractivity contribution is 0.0784. The van der Waals surface area contributed by atoms with Gasteiger partial charge in [-0.2, -0.15) is 0 Å². The van der Waals surface area contributed by atoms with E-state index in [1.54, 1.807) is 17.0 Å². The first-order valence-electron chi connectivity index (χ1n) is 4.81. The Morgan fingerprint density at radius 3 is 2.88 bits per heavy atom. The lowest BCUT2D eigenvalue weighted by atomic mass is 10.2. The molecule has 0 aliphatic heterocycles. The number of carbonyl (C=O) groups excluding carboxylic acids is 1. The highest BCUT2D eigenvalue weighted by molar-refractivity contribution is 9.10. The highest BCUT2D eigenvalue weighted by atomic mass is 79.9. The fourth-order valence-corrected chi connectivity index (χ4v) is 1.90. The summed E-state index contributed by atoms with van der Waals surface area (Å²) in [5.41, 5.74) is 0.588. The zero-order valence-electron chi connectivity index (χ0n) is 8.90. The van der Waals surface area contributed by atoms with Crippen LogP contribution in [0.5, 0.6) is 0 Å². The normalized spacial score (nSPS) is 9.62. The molecule has 0 fully saturated rings. The van der Waals surface area contributed by atoms with Crippen molar-refractivity contribution >= 4 is 34.5 Å². The molecule has 0 N–H and O–H groups in total. The second-order valence-corrected chi connectivity index (χ2v) is 4.56. The Labute approximate surface area is 110 Å². The molecule has 0 aromatic heterocycles. The number of hydrogen-bond acceptors (Lipinski definition) is 2. The first-order chi connectivity index (χ1) is 7.60. The van der Waals surface area contributed by atoms with Crippen LogP contribution >= 0.6 is 28.6 Å². The maximum Gasteiger partial charge on any atom is 0.255 e. The molecule has 0 radical (unpaired) electrons. The van der Waals surface area contributed by atoms with Crippen LogP contribution in [0.2, 0.25) is 0 Å². The Balaban J connectivity index is 3.03. The van der Waals surface area contributed by atoms with Gasteiger partial charge in [-0.3, -0.25) is 4.79 Å². The van der Waals surface area contributed by atoms with Crippen molar-refractivity contribution in [3.05, 3.63) is 28.2 Å². The molecule has 1 aromatic rings. The van der Waals surface area contributed by atoms with Crippen molar-refractivity contribution in [2.24, 2.45) is 0 Å². The van der Waals surface area contributed by atoms with Gasteiger partial charge in [0.1, 0.15) is 0 Å². The first-order valence-corrected chi connectivity index (χ1v) is 6.05. The van der Waals surface area contributed by atoms with E-state index < -0.39 is 0 Å². The second-order valence-electron chi connectivity index (χ2n) is 3.19. The predicted molar refractivity (Wildman–Crippen MR) is 71.8 cm³/mol. The number of halogens is 1. The molecule has 1 rings (SSSR count). The summed E-state index contributed by atoms with van der Waals surface area (Å²) in [6, 6.07) is 5.36. The van der Waals surface area contributed by atoms with Crippen molar-refractivity contribution in [1.82, 2.24) is 4.90 Å². The van der Waals surface area contributed by atoms with E-state index in [9.17, 15) is 4.79 Å². The Morgan fingerprint density at radius 1 is 1.62 bits per heavy atom. The largest absolute Gasteiger partial charge is 0.328 e. The summed E-state index contributed by atoms with van der Waals surface area (Å²) in [6.07, 6.45) is 5.22. The second kappa shape index (κ2) is 5.97. The van der Waals surface area contributed by atoms with Gasteiger partial charge in [0.25, 0.3) is 5.91 Å². The molecule has 4 heteroatoms. The molecule has 84 valence electrons. The van der Waals surface area contributed by atoms with E-state index in [-0.39, 0.29) is 5.91 Å². The molecule has 0 spiro atoms. The number of terminal acetylenes is 1. The van der Waals surface area contributed by atoms with E-state index in [1.165, 1.54) is 0 Å². The molecule has 2 nitrogen and oxygen atoms in total. The third-order valence-corrected chi connectivity index (χ3v) is 3.10. The van der Waals surface area contributed by atoms with E-state index in [1.807, 2.05) is 13.0 Å². The average molecular weight is 298 g/mol. The minimum absolute atomic E-state index is 0.0803. The Hall–Kier alpha value is -0.920. The topological polar surface area (TPSA) is 20.3 Å². The molecule has 0 aliphatic carbocycles. The predicted octanol–water partition coefficient (Wildman–Crippen LogP) is 2.83. The number of nitrogens with zero attached hydrogens (tertiary/aromatic N) is 1. The van der Waals surface area contributed by atoms with Crippen molar-refractivity contribution in [2.45, 2.75) is 11.8 Å². The van der Waals surface area contributed by atoms with Crippen LogP contribution in [0.1, 0.15) is 17.3 Å². The lowest BCUT2D eigenvalue weighted by Crippen LogP contribution is -2.31. The standard InChI is InChI=1S/C12H12BrNOS/c1-3-7-14(4-2)12(15)10-8-9(16)5-6-11(10)13/h1,5-6,8,16H,4,7H2,2H3. The van der Waals surface area contributed by atoms with Crippen LogP contribution in [-0.2, 0) is 0 Å². The molecule has 0 heterocycles. The quantitative estimate of drug-likeness (QED) is 0.672. The van der Waals surface area contributed by atoms with E-state index in [2.05, 4.69) is 34.5 Å². The van der Waals surface area contributed by atoms with Gasteiger partial charge < -0.3 is 4.90 Å². The van der Waals surface area contributed by atoms with Crippen LogP contribution in [0.3, 0.4) is 0 Å². The zero-order chi connectivity index (χ0) is 12.1. The summed E-state index contributed by atoms with van der Waals surface area (Å²) in [4.78, 5) is 14.5. The summed E-state index contributed by atoms with van der Waals surface area (Å²) >= 11 is 7.56. The van der Waals surface area contributed by atoms with Crippen molar-refractivity contribution in [2.75, 3.05) is 13.1 Å². The molecule has 0 bridgehead atoms. The van der Waals surface area contributed by atoms with Crippen LogP contribution in [0, 0.1) is 12.3 Å². The highest BCUT2D eigenvalue weighted by Crippen LogP contribution is 2.21. The molecule has 0 aliphatic rings. The molecular formula is C12H12BrNOS. The lowest BCUT2D eigenvalue weighted by Gasteiger charge is -2.18. The summed E-state index contributed by atoms with van der Waals surface area (Å²) < 4.78 is 0.755. The van der Waals surface area contributed by atoms with E-state index in [4.69, 9.17) is 6.42 Å². The third kappa shape index (κ3) is 3.03. The maximum absolute atomic E-state index is 12.1. The first kappa shape index (κ1) is 13.1. The Morgan fingerprint density at radius 2 is 2.31 bits per heavy atom. The molecule has 1 amide bonds. The molecule has 16 heavy (non-hydrogen) atoms. The van der Waals surface area contributed by atoms with Crippen LogP contribution in [0.25, 0.3) is 0 Å². The van der Waals surface area contributed by atoms with Gasteiger partial charge in [-0.15, -0.1) is 19.1 Å². The number of thiol groups is 1. The summed E-state index contributed by atoms with van der Waals surface area (Å²) in [6.45, 7) is 2.80. The molecule has 0 atom stereocenters. The number of rotatable bonds is 3. The van der Waals surface area contributed by atoms with Gasteiger partial charge in [0, 0.05) is 15.9 Å². The van der Waals surface area contributed by atoms with Gasteiger partial charge in [-0.25, -0.2) is 0 Å². The summed E-state index contributed by atoms with van der Waals surface area (Å²) in [5, 5.41) is 0. The smallest absolute Gasteiger partial charge is 0.255 e. The van der Waals surface area contributed by atoms with Crippen molar-refractivity contribution < 1.29 is 4.79 Å².